The van der Waals surface area contributed by atoms with Gasteiger partial charge in [-0.15, -0.1) is 0 Å². The number of carbonyl (C=O) groups excluding carboxylic acids is 2. The second kappa shape index (κ2) is 4.64. The van der Waals surface area contributed by atoms with E-state index >= 15 is 0 Å². The van der Waals surface area contributed by atoms with Gasteiger partial charge in [0.25, 0.3) is 0 Å². The van der Waals surface area contributed by atoms with E-state index in [1.54, 1.807) is 12.1 Å². The molecule has 2 atom stereocenters. The lowest BCUT2D eigenvalue weighted by atomic mass is 9.81. The molecule has 2 aliphatic rings. The minimum atomic E-state index is -0.208. The lowest BCUT2D eigenvalue weighted by Crippen LogP contribution is -2.31. The summed E-state index contributed by atoms with van der Waals surface area (Å²) in [5.74, 6) is -0.748. The molecule has 1 aliphatic heterocycles. The molecule has 5 heteroatoms. The van der Waals surface area contributed by atoms with E-state index < -0.39 is 0 Å². The standard InChI is InChI=1S/C15H15N3O2/c16-8-9-7-10(17)5-6-13(9)18-14(19)11-3-1-2-4-12(11)15(18)20/h5-7,11-12H,1-4,17H2. The van der Waals surface area contributed by atoms with Crippen LogP contribution < -0.4 is 10.6 Å². The predicted molar refractivity (Wildman–Crippen MR) is 73.5 cm³/mol. The third kappa shape index (κ3) is 1.76. The van der Waals surface area contributed by atoms with Crippen molar-refractivity contribution in [2.75, 3.05) is 10.6 Å². The molecule has 1 saturated heterocycles. The van der Waals surface area contributed by atoms with Crippen LogP contribution in [-0.2, 0) is 9.59 Å². The molecule has 0 bridgehead atoms. The lowest BCUT2D eigenvalue weighted by Gasteiger charge is -2.19. The lowest BCUT2D eigenvalue weighted by molar-refractivity contribution is -0.122. The molecule has 1 aromatic rings. The van der Waals surface area contributed by atoms with Gasteiger partial charge in [0.2, 0.25) is 11.8 Å². The highest BCUT2D eigenvalue weighted by molar-refractivity contribution is 6.22. The molecule has 0 spiro atoms. The highest BCUT2D eigenvalue weighted by Gasteiger charge is 2.49. The molecule has 5 nitrogen and oxygen atoms in total. The van der Waals surface area contributed by atoms with Crippen molar-refractivity contribution in [1.29, 1.82) is 5.26 Å². The maximum absolute atomic E-state index is 12.5. The summed E-state index contributed by atoms with van der Waals surface area (Å²) in [4.78, 5) is 26.1. The Hall–Kier alpha value is -2.35. The average Bonchev–Trinajstić information content (AvgIpc) is 2.72. The Labute approximate surface area is 117 Å². The van der Waals surface area contributed by atoms with Gasteiger partial charge in [0.15, 0.2) is 0 Å². The van der Waals surface area contributed by atoms with Crippen LogP contribution in [0.4, 0.5) is 11.4 Å². The number of hydrogen-bond acceptors (Lipinski definition) is 4. The van der Waals surface area contributed by atoms with E-state index in [-0.39, 0.29) is 29.2 Å². The molecule has 1 heterocycles. The SMILES string of the molecule is N#Cc1cc(N)ccc1N1C(=O)C2CCCCC2C1=O. The fourth-order valence-electron chi connectivity index (χ4n) is 3.24. The summed E-state index contributed by atoms with van der Waals surface area (Å²) in [6, 6.07) is 6.70. The van der Waals surface area contributed by atoms with Gasteiger partial charge in [0.1, 0.15) is 6.07 Å². The van der Waals surface area contributed by atoms with Gasteiger partial charge in [-0.05, 0) is 31.0 Å². The number of benzene rings is 1. The van der Waals surface area contributed by atoms with E-state index in [0.29, 0.717) is 11.4 Å². The van der Waals surface area contributed by atoms with Crippen LogP contribution in [-0.4, -0.2) is 11.8 Å². The van der Waals surface area contributed by atoms with Crippen molar-refractivity contribution in [3.63, 3.8) is 0 Å². The normalized spacial score (nSPS) is 25.4. The minimum absolute atomic E-state index is 0.166. The number of nitriles is 1. The van der Waals surface area contributed by atoms with E-state index in [4.69, 9.17) is 5.73 Å². The maximum atomic E-state index is 12.5. The molecule has 0 aromatic heterocycles. The zero-order valence-electron chi connectivity index (χ0n) is 11.0. The number of nitrogen functional groups attached to an aromatic ring is 1. The number of amides is 2. The zero-order chi connectivity index (χ0) is 14.3. The Balaban J connectivity index is 2.04. The summed E-state index contributed by atoms with van der Waals surface area (Å²) in [5.41, 5.74) is 6.73. The number of imide groups is 1. The topological polar surface area (TPSA) is 87.2 Å². The van der Waals surface area contributed by atoms with Crippen molar-refractivity contribution in [1.82, 2.24) is 0 Å². The fraction of sp³-hybridized carbons (Fsp3) is 0.400. The van der Waals surface area contributed by atoms with Crippen LogP contribution in [0.2, 0.25) is 0 Å². The quantitative estimate of drug-likeness (QED) is 0.622. The number of anilines is 2. The Morgan fingerprint density at radius 2 is 1.75 bits per heavy atom. The number of rotatable bonds is 1. The Bertz CT molecular complexity index is 608. The van der Waals surface area contributed by atoms with Crippen LogP contribution in [0.3, 0.4) is 0 Å². The molecule has 2 N–H and O–H groups in total. The van der Waals surface area contributed by atoms with Crippen LogP contribution >= 0.6 is 0 Å². The zero-order valence-corrected chi connectivity index (χ0v) is 11.0. The number of hydrogen-bond donors (Lipinski definition) is 1. The molecule has 102 valence electrons. The van der Waals surface area contributed by atoms with Crippen LogP contribution in [0.1, 0.15) is 31.2 Å². The van der Waals surface area contributed by atoms with Crippen LogP contribution in [0.5, 0.6) is 0 Å². The van der Waals surface area contributed by atoms with Crippen LogP contribution in [0, 0.1) is 23.2 Å². The Morgan fingerprint density at radius 3 is 2.30 bits per heavy atom. The van der Waals surface area contributed by atoms with Crippen molar-refractivity contribution in [3.05, 3.63) is 23.8 Å². The number of fused-ring (bicyclic) bond motifs is 1. The van der Waals surface area contributed by atoms with Gasteiger partial charge in [-0.25, -0.2) is 4.90 Å². The molecule has 1 saturated carbocycles. The number of nitrogens with zero attached hydrogens (tertiary/aromatic N) is 2. The maximum Gasteiger partial charge on any atom is 0.237 e. The molecule has 2 fully saturated rings. The first kappa shape index (κ1) is 12.7. The molecule has 3 rings (SSSR count). The van der Waals surface area contributed by atoms with Crippen molar-refractivity contribution in [2.24, 2.45) is 11.8 Å². The van der Waals surface area contributed by atoms with Crippen molar-refractivity contribution in [3.8, 4) is 6.07 Å². The largest absolute Gasteiger partial charge is 0.399 e. The molecule has 0 radical (unpaired) electrons. The second-order valence-corrected chi connectivity index (χ2v) is 5.40. The van der Waals surface area contributed by atoms with Gasteiger partial charge in [-0.1, -0.05) is 12.8 Å². The van der Waals surface area contributed by atoms with E-state index in [9.17, 15) is 14.9 Å². The Kier molecular flexibility index (Phi) is 2.94. The summed E-state index contributed by atoms with van der Waals surface area (Å²) in [6.45, 7) is 0. The molecular weight excluding hydrogens is 254 g/mol. The van der Waals surface area contributed by atoms with Crippen molar-refractivity contribution >= 4 is 23.2 Å². The molecular formula is C15H15N3O2. The van der Waals surface area contributed by atoms with Crippen molar-refractivity contribution < 1.29 is 9.59 Å². The average molecular weight is 269 g/mol. The van der Waals surface area contributed by atoms with Crippen LogP contribution in [0.15, 0.2) is 18.2 Å². The second-order valence-electron chi connectivity index (χ2n) is 5.40. The Morgan fingerprint density at radius 1 is 1.15 bits per heavy atom. The third-order valence-corrected chi connectivity index (χ3v) is 4.22. The van der Waals surface area contributed by atoms with Crippen LogP contribution in [0.25, 0.3) is 0 Å². The highest BCUT2D eigenvalue weighted by Crippen LogP contribution is 2.40. The fourth-order valence-corrected chi connectivity index (χ4v) is 3.24. The van der Waals surface area contributed by atoms with Gasteiger partial charge in [-0.3, -0.25) is 9.59 Å². The first-order valence-electron chi connectivity index (χ1n) is 6.81. The summed E-state index contributed by atoms with van der Waals surface area (Å²) in [7, 11) is 0. The van der Waals surface area contributed by atoms with E-state index in [0.717, 1.165) is 25.7 Å². The molecule has 2 amide bonds. The molecule has 2 unspecified atom stereocenters. The van der Waals surface area contributed by atoms with E-state index in [1.807, 2.05) is 6.07 Å². The predicted octanol–water partition coefficient (Wildman–Crippen LogP) is 1.82. The summed E-state index contributed by atoms with van der Waals surface area (Å²) >= 11 is 0. The summed E-state index contributed by atoms with van der Waals surface area (Å²) in [6.07, 6.45) is 3.51. The number of carbonyl (C=O) groups is 2. The third-order valence-electron chi connectivity index (χ3n) is 4.22. The van der Waals surface area contributed by atoms with Crippen molar-refractivity contribution in [2.45, 2.75) is 25.7 Å². The first-order valence-corrected chi connectivity index (χ1v) is 6.81. The first-order chi connectivity index (χ1) is 9.63. The van der Waals surface area contributed by atoms with Gasteiger partial charge in [0, 0.05) is 5.69 Å². The van der Waals surface area contributed by atoms with Gasteiger partial charge in [-0.2, -0.15) is 5.26 Å². The molecule has 1 aliphatic carbocycles. The van der Waals surface area contributed by atoms with Gasteiger partial charge < -0.3 is 5.73 Å². The van der Waals surface area contributed by atoms with Gasteiger partial charge in [0.05, 0.1) is 23.1 Å². The highest BCUT2D eigenvalue weighted by atomic mass is 16.2. The van der Waals surface area contributed by atoms with E-state index in [2.05, 4.69) is 0 Å². The smallest absolute Gasteiger partial charge is 0.237 e. The summed E-state index contributed by atoms with van der Waals surface area (Å²) in [5, 5.41) is 9.18. The van der Waals surface area contributed by atoms with Gasteiger partial charge >= 0.3 is 0 Å². The number of nitrogens with two attached hydrogens (primary N) is 1. The summed E-state index contributed by atoms with van der Waals surface area (Å²) < 4.78 is 0. The molecule has 1 aromatic carbocycles. The minimum Gasteiger partial charge on any atom is -0.399 e. The van der Waals surface area contributed by atoms with E-state index in [1.165, 1.54) is 11.0 Å². The monoisotopic (exact) mass is 269 g/mol. The molecule has 20 heavy (non-hydrogen) atoms.